The molecule has 1 N–H and O–H groups in total. The van der Waals surface area contributed by atoms with Gasteiger partial charge in [0.25, 0.3) is 5.91 Å². The summed E-state index contributed by atoms with van der Waals surface area (Å²) in [7, 11) is 0. The molecule has 0 atom stereocenters. The lowest BCUT2D eigenvalue weighted by atomic mass is 10.1. The van der Waals surface area contributed by atoms with Crippen LogP contribution >= 0.6 is 0 Å². The average molecular weight is 383 g/mol. The van der Waals surface area contributed by atoms with Crippen LogP contribution in [0.15, 0.2) is 48.5 Å². The van der Waals surface area contributed by atoms with Gasteiger partial charge in [0.2, 0.25) is 0 Å². The second-order valence-corrected chi connectivity index (χ2v) is 5.94. The van der Waals surface area contributed by atoms with Gasteiger partial charge in [0, 0.05) is 23.2 Å². The second kappa shape index (κ2) is 10.0. The molecule has 0 aliphatic rings. The number of ether oxygens (including phenoxy) is 2. The minimum absolute atomic E-state index is 0.0193. The van der Waals surface area contributed by atoms with Crippen molar-refractivity contribution in [2.75, 3.05) is 18.5 Å². The van der Waals surface area contributed by atoms with E-state index in [1.165, 1.54) is 13.0 Å². The van der Waals surface area contributed by atoms with E-state index in [1.54, 1.807) is 49.4 Å². The number of ketones is 2. The highest BCUT2D eigenvalue weighted by molar-refractivity contribution is 5.97. The summed E-state index contributed by atoms with van der Waals surface area (Å²) in [5.41, 5.74) is 1.48. The number of hydrogen-bond acceptors (Lipinski definition) is 6. The molecule has 1 amide bonds. The summed E-state index contributed by atoms with van der Waals surface area (Å²) in [6.45, 7) is 2.36. The highest BCUT2D eigenvalue weighted by Crippen LogP contribution is 2.14. The van der Waals surface area contributed by atoms with Gasteiger partial charge >= 0.3 is 5.97 Å². The van der Waals surface area contributed by atoms with E-state index in [9.17, 15) is 19.2 Å². The Morgan fingerprint density at radius 2 is 1.64 bits per heavy atom. The Balaban J connectivity index is 1.76. The van der Waals surface area contributed by atoms with E-state index in [0.717, 1.165) is 0 Å². The number of benzene rings is 2. The predicted octanol–water partition coefficient (Wildman–Crippen LogP) is 3.04. The Bertz CT molecular complexity index is 873. The molecular formula is C21H21NO6. The van der Waals surface area contributed by atoms with Crippen molar-refractivity contribution >= 4 is 29.1 Å². The van der Waals surface area contributed by atoms with Crippen LogP contribution in [0.1, 0.15) is 41.0 Å². The number of nitrogens with one attached hydrogen (secondary N) is 1. The van der Waals surface area contributed by atoms with Crippen LogP contribution in [-0.4, -0.2) is 36.7 Å². The molecule has 2 aromatic rings. The van der Waals surface area contributed by atoms with Crippen LogP contribution in [0.5, 0.6) is 5.75 Å². The predicted molar refractivity (Wildman–Crippen MR) is 103 cm³/mol. The Hall–Kier alpha value is -3.48. The maximum Gasteiger partial charge on any atom is 0.344 e. The summed E-state index contributed by atoms with van der Waals surface area (Å²) in [6.07, 6.45) is 0.410. The fourth-order valence-corrected chi connectivity index (χ4v) is 2.28. The van der Waals surface area contributed by atoms with Crippen molar-refractivity contribution in [3.8, 4) is 5.75 Å². The van der Waals surface area contributed by atoms with Crippen LogP contribution in [0, 0.1) is 0 Å². The van der Waals surface area contributed by atoms with Gasteiger partial charge in [-0.25, -0.2) is 4.79 Å². The Morgan fingerprint density at radius 1 is 0.929 bits per heavy atom. The summed E-state index contributed by atoms with van der Waals surface area (Å²) in [5.74, 6) is -0.925. The highest BCUT2D eigenvalue weighted by atomic mass is 16.6. The number of rotatable bonds is 9. The minimum atomic E-state index is -0.707. The number of esters is 1. The van der Waals surface area contributed by atoms with Gasteiger partial charge in [-0.3, -0.25) is 14.4 Å². The van der Waals surface area contributed by atoms with Gasteiger partial charge in [0.1, 0.15) is 5.75 Å². The first kappa shape index (κ1) is 20.8. The molecule has 0 fully saturated rings. The van der Waals surface area contributed by atoms with Crippen LogP contribution in [0.25, 0.3) is 0 Å². The molecule has 0 aliphatic heterocycles. The second-order valence-electron chi connectivity index (χ2n) is 5.94. The molecule has 28 heavy (non-hydrogen) atoms. The molecule has 0 aromatic heterocycles. The molecule has 2 rings (SSSR count). The normalized spacial score (nSPS) is 10.1. The minimum Gasteiger partial charge on any atom is -0.482 e. The summed E-state index contributed by atoms with van der Waals surface area (Å²) in [6, 6.07) is 12.9. The number of anilines is 1. The Morgan fingerprint density at radius 3 is 2.29 bits per heavy atom. The van der Waals surface area contributed by atoms with Gasteiger partial charge in [0.15, 0.2) is 24.8 Å². The number of carbonyl (C=O) groups excluding carboxylic acids is 4. The van der Waals surface area contributed by atoms with Gasteiger partial charge in [-0.2, -0.15) is 0 Å². The lowest BCUT2D eigenvalue weighted by molar-refractivity contribution is -0.149. The molecule has 0 unspecified atom stereocenters. The third kappa shape index (κ3) is 6.35. The highest BCUT2D eigenvalue weighted by Gasteiger charge is 2.10. The summed E-state index contributed by atoms with van der Waals surface area (Å²) in [5, 5.41) is 2.55. The van der Waals surface area contributed by atoms with E-state index in [4.69, 9.17) is 9.47 Å². The average Bonchev–Trinajstić information content (AvgIpc) is 2.70. The Kier molecular flexibility index (Phi) is 7.45. The van der Waals surface area contributed by atoms with Crippen molar-refractivity contribution in [2.45, 2.75) is 20.3 Å². The molecule has 0 bridgehead atoms. The molecule has 0 saturated heterocycles. The summed E-state index contributed by atoms with van der Waals surface area (Å²) in [4.78, 5) is 46.5. The molecule has 7 nitrogen and oxygen atoms in total. The monoisotopic (exact) mass is 383 g/mol. The molecule has 2 aromatic carbocycles. The van der Waals surface area contributed by atoms with E-state index in [0.29, 0.717) is 29.0 Å². The molecule has 0 radical (unpaired) electrons. The lowest BCUT2D eigenvalue weighted by Gasteiger charge is -2.09. The molecular weight excluding hydrogens is 362 g/mol. The van der Waals surface area contributed by atoms with Crippen LogP contribution in [0.4, 0.5) is 5.69 Å². The van der Waals surface area contributed by atoms with Crippen molar-refractivity contribution in [2.24, 2.45) is 0 Å². The number of carbonyl (C=O) groups is 4. The third-order valence-corrected chi connectivity index (χ3v) is 3.77. The van der Waals surface area contributed by atoms with Gasteiger partial charge in [-0.05, 0) is 43.3 Å². The van der Waals surface area contributed by atoms with Gasteiger partial charge in [-0.1, -0.05) is 19.1 Å². The zero-order valence-electron chi connectivity index (χ0n) is 15.7. The fourth-order valence-electron chi connectivity index (χ4n) is 2.28. The van der Waals surface area contributed by atoms with Gasteiger partial charge < -0.3 is 14.8 Å². The van der Waals surface area contributed by atoms with Crippen LogP contribution in [-0.2, 0) is 14.3 Å². The van der Waals surface area contributed by atoms with Crippen molar-refractivity contribution in [1.82, 2.24) is 0 Å². The van der Waals surface area contributed by atoms with Gasteiger partial charge in [-0.15, -0.1) is 0 Å². The number of hydrogen-bond donors (Lipinski definition) is 1. The molecule has 0 heterocycles. The number of amides is 1. The fraction of sp³-hybridized carbons (Fsp3) is 0.238. The summed E-state index contributed by atoms with van der Waals surface area (Å²) < 4.78 is 10.1. The van der Waals surface area contributed by atoms with E-state index in [-0.39, 0.29) is 18.2 Å². The van der Waals surface area contributed by atoms with E-state index >= 15 is 0 Å². The van der Waals surface area contributed by atoms with Crippen molar-refractivity contribution in [3.05, 3.63) is 59.7 Å². The maximum atomic E-state index is 11.9. The first-order valence-electron chi connectivity index (χ1n) is 8.71. The molecule has 0 saturated carbocycles. The molecule has 146 valence electrons. The molecule has 7 heteroatoms. The van der Waals surface area contributed by atoms with E-state index in [2.05, 4.69) is 5.32 Å². The van der Waals surface area contributed by atoms with Crippen molar-refractivity contribution < 1.29 is 28.7 Å². The molecule has 0 aliphatic carbocycles. The SMILES string of the molecule is CCC(=O)c1ccc(OCC(=O)OCC(=O)Nc2cccc(C(C)=O)c2)cc1. The van der Waals surface area contributed by atoms with Crippen molar-refractivity contribution in [3.63, 3.8) is 0 Å². The maximum absolute atomic E-state index is 11.9. The van der Waals surface area contributed by atoms with Crippen LogP contribution in [0.2, 0.25) is 0 Å². The zero-order chi connectivity index (χ0) is 20.5. The topological polar surface area (TPSA) is 98.8 Å². The van der Waals surface area contributed by atoms with E-state index in [1.807, 2.05) is 0 Å². The summed E-state index contributed by atoms with van der Waals surface area (Å²) >= 11 is 0. The third-order valence-electron chi connectivity index (χ3n) is 3.77. The zero-order valence-corrected chi connectivity index (χ0v) is 15.7. The molecule has 0 spiro atoms. The number of Topliss-reactive ketones (excluding diaryl/α,β-unsaturated/α-hetero) is 2. The quantitative estimate of drug-likeness (QED) is 0.528. The lowest BCUT2D eigenvalue weighted by Crippen LogP contribution is -2.23. The standard InChI is InChI=1S/C21H21NO6/c1-3-19(24)15-7-9-18(10-8-15)27-13-21(26)28-12-20(25)22-17-6-4-5-16(11-17)14(2)23/h4-11H,3,12-13H2,1-2H3,(H,22,25). The largest absolute Gasteiger partial charge is 0.482 e. The van der Waals surface area contributed by atoms with Crippen LogP contribution in [0.3, 0.4) is 0 Å². The van der Waals surface area contributed by atoms with Crippen molar-refractivity contribution in [1.29, 1.82) is 0 Å². The van der Waals surface area contributed by atoms with E-state index < -0.39 is 18.5 Å². The first-order chi connectivity index (χ1) is 13.4. The van der Waals surface area contributed by atoms with Gasteiger partial charge in [0.05, 0.1) is 0 Å². The first-order valence-corrected chi connectivity index (χ1v) is 8.71. The Labute approximate surface area is 162 Å². The smallest absolute Gasteiger partial charge is 0.344 e. The van der Waals surface area contributed by atoms with Crippen LogP contribution < -0.4 is 10.1 Å².